The monoisotopic (exact) mass is 151 g/mol. The maximum Gasteiger partial charge on any atom is -0.00295 e. The molecule has 1 aromatic carbocycles. The molecule has 1 rings (SSSR count). The van der Waals surface area contributed by atoms with Crippen LogP contribution < -0.4 is 0 Å². The standard InChI is InChI=1S/C9H11S/c1-10-8-7-9-5-3-2-4-6-9/h2-5H,7-8H2,1H3. The van der Waals surface area contributed by atoms with E-state index in [0.717, 1.165) is 6.42 Å². The summed E-state index contributed by atoms with van der Waals surface area (Å²) in [4.78, 5) is 0. The van der Waals surface area contributed by atoms with Crippen molar-refractivity contribution in [1.82, 2.24) is 0 Å². The van der Waals surface area contributed by atoms with Crippen molar-refractivity contribution in [3.05, 3.63) is 35.9 Å². The summed E-state index contributed by atoms with van der Waals surface area (Å²) in [6.07, 6.45) is 3.27. The van der Waals surface area contributed by atoms with Gasteiger partial charge < -0.3 is 0 Å². The summed E-state index contributed by atoms with van der Waals surface area (Å²) in [6, 6.07) is 11.3. The Hall–Kier alpha value is -0.430. The molecule has 0 nitrogen and oxygen atoms in total. The van der Waals surface area contributed by atoms with Crippen LogP contribution in [0.5, 0.6) is 0 Å². The molecule has 0 saturated carbocycles. The first-order valence-electron chi connectivity index (χ1n) is 3.38. The van der Waals surface area contributed by atoms with Gasteiger partial charge >= 0.3 is 0 Å². The van der Waals surface area contributed by atoms with Crippen molar-refractivity contribution in [2.75, 3.05) is 12.0 Å². The van der Waals surface area contributed by atoms with Gasteiger partial charge in [0.1, 0.15) is 0 Å². The van der Waals surface area contributed by atoms with Gasteiger partial charge in [0.25, 0.3) is 0 Å². The molecule has 0 aliphatic rings. The zero-order chi connectivity index (χ0) is 7.23. The number of thioether (sulfide) groups is 1. The summed E-state index contributed by atoms with van der Waals surface area (Å²) in [5.41, 5.74) is 1.32. The topological polar surface area (TPSA) is 0 Å². The predicted molar refractivity (Wildman–Crippen MR) is 47.4 cm³/mol. The minimum absolute atomic E-state index is 1.14. The predicted octanol–water partition coefficient (Wildman–Crippen LogP) is 2.39. The fourth-order valence-corrected chi connectivity index (χ4v) is 1.22. The van der Waals surface area contributed by atoms with Gasteiger partial charge in [0.2, 0.25) is 0 Å². The van der Waals surface area contributed by atoms with Crippen LogP contribution in [0, 0.1) is 6.07 Å². The lowest BCUT2D eigenvalue weighted by Crippen LogP contribution is -1.85. The summed E-state index contributed by atoms with van der Waals surface area (Å²) in [7, 11) is 0. The van der Waals surface area contributed by atoms with Gasteiger partial charge in [-0.25, -0.2) is 0 Å². The van der Waals surface area contributed by atoms with Crippen molar-refractivity contribution in [2.45, 2.75) is 6.42 Å². The maximum absolute atomic E-state index is 3.19. The van der Waals surface area contributed by atoms with Gasteiger partial charge in [0.05, 0.1) is 0 Å². The molecular weight excluding hydrogens is 140 g/mol. The number of rotatable bonds is 3. The van der Waals surface area contributed by atoms with E-state index in [4.69, 9.17) is 0 Å². The molecule has 0 aliphatic heterocycles. The second kappa shape index (κ2) is 4.40. The largest absolute Gasteiger partial charge is 0.165 e. The van der Waals surface area contributed by atoms with Crippen molar-refractivity contribution in [1.29, 1.82) is 0 Å². The lowest BCUT2D eigenvalue weighted by molar-refractivity contribution is 1.16. The van der Waals surface area contributed by atoms with Gasteiger partial charge in [0, 0.05) is 0 Å². The molecular formula is C9H11S. The Balaban J connectivity index is 2.43. The molecule has 0 amide bonds. The summed E-state index contributed by atoms with van der Waals surface area (Å²) in [5.74, 6) is 1.19. The van der Waals surface area contributed by atoms with Gasteiger partial charge in [-0.15, -0.1) is 0 Å². The Labute approximate surface area is 66.6 Å². The van der Waals surface area contributed by atoms with Crippen LogP contribution in [-0.2, 0) is 6.42 Å². The smallest absolute Gasteiger partial charge is 0.00295 e. The number of hydrogen-bond donors (Lipinski definition) is 0. The number of hydrogen-bond acceptors (Lipinski definition) is 1. The molecule has 1 aromatic rings. The molecule has 0 fully saturated rings. The van der Waals surface area contributed by atoms with Crippen molar-refractivity contribution >= 4 is 11.8 Å². The van der Waals surface area contributed by atoms with Gasteiger partial charge in [-0.05, 0) is 30.1 Å². The van der Waals surface area contributed by atoms with E-state index in [9.17, 15) is 0 Å². The summed E-state index contributed by atoms with van der Waals surface area (Å²) < 4.78 is 0. The van der Waals surface area contributed by atoms with Crippen LogP contribution in [0.15, 0.2) is 24.3 Å². The Morgan fingerprint density at radius 2 is 2.40 bits per heavy atom. The summed E-state index contributed by atoms with van der Waals surface area (Å²) in [6.45, 7) is 0. The fraction of sp³-hybridized carbons (Fsp3) is 0.333. The van der Waals surface area contributed by atoms with Crippen LogP contribution in [0.3, 0.4) is 0 Å². The van der Waals surface area contributed by atoms with Crippen LogP contribution in [0.4, 0.5) is 0 Å². The highest BCUT2D eigenvalue weighted by Crippen LogP contribution is 2.02. The molecule has 0 bridgehead atoms. The molecule has 1 heteroatoms. The van der Waals surface area contributed by atoms with E-state index >= 15 is 0 Å². The zero-order valence-corrected chi connectivity index (χ0v) is 6.95. The van der Waals surface area contributed by atoms with Gasteiger partial charge in [0.15, 0.2) is 0 Å². The molecule has 53 valence electrons. The molecule has 0 aliphatic carbocycles. The molecule has 0 aromatic heterocycles. The quantitative estimate of drug-likeness (QED) is 0.639. The summed E-state index contributed by atoms with van der Waals surface area (Å²) in [5, 5.41) is 0. The van der Waals surface area contributed by atoms with E-state index in [-0.39, 0.29) is 0 Å². The van der Waals surface area contributed by atoms with Crippen LogP contribution in [-0.4, -0.2) is 12.0 Å². The Morgan fingerprint density at radius 1 is 1.50 bits per heavy atom. The van der Waals surface area contributed by atoms with E-state index < -0.39 is 0 Å². The second-order valence-electron chi connectivity index (χ2n) is 2.13. The Morgan fingerprint density at radius 3 is 3.00 bits per heavy atom. The SMILES string of the molecule is CSCCc1[c]cccc1. The molecule has 0 N–H and O–H groups in total. The van der Waals surface area contributed by atoms with Crippen LogP contribution in [0.1, 0.15) is 5.56 Å². The first kappa shape index (κ1) is 7.67. The average molecular weight is 151 g/mol. The molecule has 0 atom stereocenters. The minimum atomic E-state index is 1.14. The third-order valence-electron chi connectivity index (χ3n) is 1.35. The summed E-state index contributed by atoms with van der Waals surface area (Å²) >= 11 is 1.88. The first-order valence-corrected chi connectivity index (χ1v) is 4.77. The average Bonchev–Trinajstić information content (AvgIpc) is 2.03. The van der Waals surface area contributed by atoms with Crippen LogP contribution in [0.25, 0.3) is 0 Å². The number of benzene rings is 1. The van der Waals surface area contributed by atoms with Crippen molar-refractivity contribution in [3.8, 4) is 0 Å². The van der Waals surface area contributed by atoms with E-state index in [2.05, 4.69) is 24.5 Å². The van der Waals surface area contributed by atoms with E-state index in [0.29, 0.717) is 0 Å². The molecule has 0 saturated heterocycles. The normalized spacial score (nSPS) is 9.70. The van der Waals surface area contributed by atoms with Crippen molar-refractivity contribution in [3.63, 3.8) is 0 Å². The minimum Gasteiger partial charge on any atom is -0.165 e. The highest BCUT2D eigenvalue weighted by atomic mass is 32.2. The fourth-order valence-electron chi connectivity index (χ4n) is 0.798. The van der Waals surface area contributed by atoms with Crippen LogP contribution in [0.2, 0.25) is 0 Å². The third kappa shape index (κ3) is 2.44. The zero-order valence-electron chi connectivity index (χ0n) is 6.13. The highest BCUT2D eigenvalue weighted by Gasteiger charge is 1.88. The Kier molecular flexibility index (Phi) is 3.37. The van der Waals surface area contributed by atoms with Crippen molar-refractivity contribution in [2.24, 2.45) is 0 Å². The van der Waals surface area contributed by atoms with Gasteiger partial charge in [-0.2, -0.15) is 11.8 Å². The van der Waals surface area contributed by atoms with E-state index in [1.165, 1.54) is 11.3 Å². The van der Waals surface area contributed by atoms with Gasteiger partial charge in [-0.1, -0.05) is 24.3 Å². The van der Waals surface area contributed by atoms with Gasteiger partial charge in [-0.3, -0.25) is 0 Å². The molecule has 0 spiro atoms. The van der Waals surface area contributed by atoms with Crippen LogP contribution >= 0.6 is 11.8 Å². The maximum atomic E-state index is 3.19. The lowest BCUT2D eigenvalue weighted by atomic mass is 10.2. The molecule has 10 heavy (non-hydrogen) atoms. The highest BCUT2D eigenvalue weighted by molar-refractivity contribution is 7.98. The molecule has 1 radical (unpaired) electrons. The third-order valence-corrected chi connectivity index (χ3v) is 1.96. The second-order valence-corrected chi connectivity index (χ2v) is 3.12. The molecule has 0 heterocycles. The van der Waals surface area contributed by atoms with E-state index in [1.54, 1.807) is 0 Å². The van der Waals surface area contributed by atoms with E-state index in [1.807, 2.05) is 23.9 Å². The number of aryl methyl sites for hydroxylation is 1. The van der Waals surface area contributed by atoms with Crippen molar-refractivity contribution < 1.29 is 0 Å². The first-order chi connectivity index (χ1) is 4.93. The lowest BCUT2D eigenvalue weighted by Gasteiger charge is -1.95. The Bertz CT molecular complexity index is 169. The molecule has 0 unspecified atom stereocenters.